The van der Waals surface area contributed by atoms with Crippen molar-refractivity contribution in [1.29, 1.82) is 0 Å². The molecule has 2 aromatic heterocycles. The predicted octanol–water partition coefficient (Wildman–Crippen LogP) is 3.07. The molecule has 0 bridgehead atoms. The number of ether oxygens (including phenoxy) is 3. The Morgan fingerprint density at radius 3 is 2.87 bits per heavy atom. The summed E-state index contributed by atoms with van der Waals surface area (Å²) in [6, 6.07) is 0.343. The van der Waals surface area contributed by atoms with Crippen molar-refractivity contribution in [3.05, 3.63) is 96.2 Å². The second kappa shape index (κ2) is 10.1. The summed E-state index contributed by atoms with van der Waals surface area (Å²) in [6.45, 7) is 2.01. The highest BCUT2D eigenvalue weighted by molar-refractivity contribution is 7.08. The molecule has 1 saturated heterocycles. The van der Waals surface area contributed by atoms with Gasteiger partial charge in [0.1, 0.15) is 17.9 Å². The van der Waals surface area contributed by atoms with E-state index < -0.39 is 59.5 Å². The van der Waals surface area contributed by atoms with E-state index in [0.29, 0.717) is 22.8 Å². The lowest BCUT2D eigenvalue weighted by Crippen LogP contribution is -2.68. The van der Waals surface area contributed by atoms with E-state index in [4.69, 9.17) is 14.2 Å². The molecule has 0 spiro atoms. The number of halogens is 3. The normalized spacial score (nSPS) is 25.6. The Kier molecular flexibility index (Phi) is 6.30. The summed E-state index contributed by atoms with van der Waals surface area (Å²) < 4.78 is 65.6. The zero-order valence-electron chi connectivity index (χ0n) is 23.9. The lowest BCUT2D eigenvalue weighted by atomic mass is 9.73. The zero-order chi connectivity index (χ0) is 31.2. The number of hydrogen-bond donors (Lipinski definition) is 0. The molecule has 1 unspecified atom stereocenters. The van der Waals surface area contributed by atoms with Crippen LogP contribution in [-0.4, -0.2) is 66.1 Å². The molecule has 9 nitrogen and oxygen atoms in total. The van der Waals surface area contributed by atoms with Crippen molar-refractivity contribution in [2.45, 2.75) is 37.9 Å². The van der Waals surface area contributed by atoms with Gasteiger partial charge in [0.05, 0.1) is 25.9 Å². The van der Waals surface area contributed by atoms with Crippen molar-refractivity contribution in [2.24, 2.45) is 5.92 Å². The van der Waals surface area contributed by atoms with E-state index in [1.807, 2.05) is 18.2 Å². The van der Waals surface area contributed by atoms with Crippen LogP contribution < -0.4 is 24.9 Å². The predicted molar refractivity (Wildman–Crippen MR) is 158 cm³/mol. The molecule has 3 atom stereocenters. The molecule has 2 aromatic rings. The number of nitrogens with zero attached hydrogens (tertiary/aromatic N) is 3. The van der Waals surface area contributed by atoms with Crippen LogP contribution in [0, 0.1) is 5.92 Å². The van der Waals surface area contributed by atoms with Crippen LogP contribution in [0.1, 0.15) is 29.4 Å². The van der Waals surface area contributed by atoms with Crippen LogP contribution in [0.15, 0.2) is 69.8 Å². The van der Waals surface area contributed by atoms with Crippen LogP contribution >= 0.6 is 11.3 Å². The Labute approximate surface area is 258 Å². The third-order valence-corrected chi connectivity index (χ3v) is 10.2. The van der Waals surface area contributed by atoms with Crippen molar-refractivity contribution < 1.29 is 37.0 Å². The molecule has 0 N–H and O–H groups in total. The van der Waals surface area contributed by atoms with Gasteiger partial charge in [0.2, 0.25) is 11.2 Å². The Morgan fingerprint density at radius 2 is 2.04 bits per heavy atom. The van der Waals surface area contributed by atoms with Crippen LogP contribution in [0.2, 0.25) is 0 Å². The minimum absolute atomic E-state index is 0.0160. The minimum atomic E-state index is -3.38. The highest BCUT2D eigenvalue weighted by Crippen LogP contribution is 2.50. The first-order valence-electron chi connectivity index (χ1n) is 14.6. The number of amides is 1. The monoisotopic (exact) mass is 637 g/mol. The number of aromatic nitrogens is 1. The first-order chi connectivity index (χ1) is 21.7. The SMILES string of the molecule is CCOC(=O)Oc1c2n(ccc1=O)N([C@@H]1C3=CC=CCC3=c3scc4c3=C3C1=CC=C(F)C3C(F)(F)C4)[C@@H]1COCCN1C2=O. The Hall–Kier alpha value is -4.36. The van der Waals surface area contributed by atoms with E-state index >= 15 is 13.2 Å². The molecule has 0 saturated carbocycles. The maximum absolute atomic E-state index is 15.8. The topological polar surface area (TPSA) is 90.3 Å². The number of carbonyl (C=O) groups is 2. The van der Waals surface area contributed by atoms with Crippen LogP contribution in [0.5, 0.6) is 5.75 Å². The van der Waals surface area contributed by atoms with Gasteiger partial charge >= 0.3 is 6.16 Å². The third-order valence-electron chi connectivity index (χ3n) is 9.10. The number of alkyl halides is 2. The summed E-state index contributed by atoms with van der Waals surface area (Å²) in [7, 11) is 0. The van der Waals surface area contributed by atoms with Crippen molar-refractivity contribution in [3.8, 4) is 5.75 Å². The molecular formula is C32H26F3N3O6S. The first kappa shape index (κ1) is 28.1. The molecule has 13 heteroatoms. The van der Waals surface area contributed by atoms with Gasteiger partial charge in [-0.1, -0.05) is 24.3 Å². The maximum Gasteiger partial charge on any atom is 0.514 e. The average molecular weight is 638 g/mol. The van der Waals surface area contributed by atoms with E-state index in [0.717, 1.165) is 21.8 Å². The Morgan fingerprint density at radius 1 is 1.20 bits per heavy atom. The highest BCUT2D eigenvalue weighted by Gasteiger charge is 2.54. The molecule has 0 radical (unpaired) electrons. The van der Waals surface area contributed by atoms with E-state index in [2.05, 4.69) is 0 Å². The molecule has 4 aliphatic carbocycles. The third kappa shape index (κ3) is 3.99. The van der Waals surface area contributed by atoms with Gasteiger partial charge in [-0.2, -0.15) is 0 Å². The molecule has 1 fully saturated rings. The van der Waals surface area contributed by atoms with E-state index in [1.54, 1.807) is 23.4 Å². The molecule has 0 aromatic carbocycles. The number of thiophene rings is 1. The minimum Gasteiger partial charge on any atom is -0.434 e. The van der Waals surface area contributed by atoms with Crippen LogP contribution in [-0.2, 0) is 15.9 Å². The molecule has 4 heterocycles. The number of carbonyl (C=O) groups excluding carboxylic acids is 2. The summed E-state index contributed by atoms with van der Waals surface area (Å²) in [5.74, 6) is -7.14. The molecule has 6 aliphatic rings. The number of fused-ring (bicyclic) bond motifs is 3. The van der Waals surface area contributed by atoms with Crippen LogP contribution in [0.4, 0.5) is 18.0 Å². The van der Waals surface area contributed by atoms with E-state index in [9.17, 15) is 14.4 Å². The number of pyridine rings is 1. The molecule has 232 valence electrons. The molecular weight excluding hydrogens is 611 g/mol. The fourth-order valence-electron chi connectivity index (χ4n) is 7.35. The fraction of sp³-hybridized carbons (Fsp3) is 0.344. The van der Waals surface area contributed by atoms with Gasteiger partial charge in [-0.3, -0.25) is 19.3 Å². The van der Waals surface area contributed by atoms with Gasteiger partial charge in [-0.15, -0.1) is 11.3 Å². The van der Waals surface area contributed by atoms with Crippen LogP contribution in [0.25, 0.3) is 11.1 Å². The van der Waals surface area contributed by atoms with Gasteiger partial charge in [-0.05, 0) is 52.7 Å². The molecule has 1 amide bonds. The van der Waals surface area contributed by atoms with Gasteiger partial charge in [0, 0.05) is 35.0 Å². The Balaban J connectivity index is 1.43. The fourth-order valence-corrected chi connectivity index (χ4v) is 8.52. The lowest BCUT2D eigenvalue weighted by Gasteiger charge is -2.52. The largest absolute Gasteiger partial charge is 0.514 e. The van der Waals surface area contributed by atoms with Crippen molar-refractivity contribution in [2.75, 3.05) is 31.4 Å². The van der Waals surface area contributed by atoms with Crippen molar-refractivity contribution in [3.63, 3.8) is 0 Å². The first-order valence-corrected chi connectivity index (χ1v) is 15.5. The van der Waals surface area contributed by atoms with Gasteiger partial charge in [0.25, 0.3) is 11.8 Å². The number of allylic oxidation sites excluding steroid dienone is 6. The second-order valence-corrected chi connectivity index (χ2v) is 12.4. The Bertz CT molecular complexity index is 2010. The lowest BCUT2D eigenvalue weighted by molar-refractivity contribution is -0.0336. The van der Waals surface area contributed by atoms with Gasteiger partial charge < -0.3 is 19.1 Å². The summed E-state index contributed by atoms with van der Waals surface area (Å²) >= 11 is 1.37. The van der Waals surface area contributed by atoms with Crippen molar-refractivity contribution >= 4 is 34.5 Å². The molecule has 45 heavy (non-hydrogen) atoms. The summed E-state index contributed by atoms with van der Waals surface area (Å²) in [5.41, 5.74) is 1.91. The second-order valence-electron chi connectivity index (χ2n) is 11.5. The quantitative estimate of drug-likeness (QED) is 0.478. The number of hydrogen-bond acceptors (Lipinski definition) is 8. The van der Waals surface area contributed by atoms with Gasteiger partial charge in [0.15, 0.2) is 5.69 Å². The van der Waals surface area contributed by atoms with Crippen LogP contribution in [0.3, 0.4) is 0 Å². The smallest absolute Gasteiger partial charge is 0.434 e. The van der Waals surface area contributed by atoms with E-state index in [1.165, 1.54) is 33.2 Å². The number of rotatable bonds is 3. The summed E-state index contributed by atoms with van der Waals surface area (Å²) in [6.07, 6.45) is 7.89. The standard InChI is InChI=1S/C32H26F3N3O6S/c1-2-43-31(41)44-28-21(39)9-10-37-27(28)30(40)36-11-12-42-14-22(36)38(37)26-17-5-3-4-6-18(17)29-23-16(15-45-29)13-32(34,35)25-20(33)8-7-19(26)24(23)25/h3-5,7-10,15,22,25-26H,2,6,11-14H2,1H3/t22-,25?,26-/m1/s1. The van der Waals surface area contributed by atoms with E-state index in [-0.39, 0.29) is 37.6 Å². The molecule has 2 aliphatic heterocycles. The summed E-state index contributed by atoms with van der Waals surface area (Å²) in [5, 5.41) is 4.18. The van der Waals surface area contributed by atoms with Crippen molar-refractivity contribution in [1.82, 2.24) is 9.58 Å². The van der Waals surface area contributed by atoms with Gasteiger partial charge in [-0.25, -0.2) is 18.0 Å². The highest BCUT2D eigenvalue weighted by atomic mass is 32.1. The average Bonchev–Trinajstić information content (AvgIpc) is 3.38. The number of morpholine rings is 1. The zero-order valence-corrected chi connectivity index (χ0v) is 24.7. The molecule has 8 rings (SSSR count). The maximum atomic E-state index is 15.8. The summed E-state index contributed by atoms with van der Waals surface area (Å²) in [4.78, 5) is 41.1.